The number of hydrogen-bond donors (Lipinski definition) is 3. The molecular weight excluding hydrogens is 268 g/mol. The van der Waals surface area contributed by atoms with Crippen molar-refractivity contribution in [3.8, 4) is 0 Å². The molecule has 0 aliphatic heterocycles. The Kier molecular flexibility index (Phi) is 5.33. The third-order valence-electron chi connectivity index (χ3n) is 3.24. The van der Waals surface area contributed by atoms with Gasteiger partial charge in [-0.2, -0.15) is 0 Å². The molecule has 1 atom stereocenters. The molecule has 0 saturated heterocycles. The van der Waals surface area contributed by atoms with E-state index in [1.165, 1.54) is 10.9 Å². The Morgan fingerprint density at radius 3 is 2.47 bits per heavy atom. The van der Waals surface area contributed by atoms with Crippen molar-refractivity contribution in [3.05, 3.63) is 6.33 Å². The minimum absolute atomic E-state index is 0.0285. The van der Waals surface area contributed by atoms with Crippen molar-refractivity contribution in [2.75, 3.05) is 12.3 Å². The Bertz CT molecular complexity index is 489. The predicted molar refractivity (Wildman–Crippen MR) is 72.9 cm³/mol. The van der Waals surface area contributed by atoms with E-state index in [0.717, 1.165) is 12.8 Å². The van der Waals surface area contributed by atoms with Crippen molar-refractivity contribution in [2.45, 2.75) is 37.8 Å². The van der Waals surface area contributed by atoms with Gasteiger partial charge < -0.3 is 15.4 Å². The van der Waals surface area contributed by atoms with Crippen LogP contribution in [0.2, 0.25) is 0 Å². The van der Waals surface area contributed by atoms with Gasteiger partial charge in [0, 0.05) is 13.6 Å². The molecule has 0 radical (unpaired) electrons. The van der Waals surface area contributed by atoms with Crippen LogP contribution in [0.15, 0.2) is 11.4 Å². The highest BCUT2D eigenvalue weighted by atomic mass is 32.2. The Hall–Kier alpha value is -1.12. The van der Waals surface area contributed by atoms with Crippen LogP contribution in [0.25, 0.3) is 0 Å². The number of aryl methyl sites for hydroxylation is 1. The molecule has 0 fully saturated rings. The lowest BCUT2D eigenvalue weighted by atomic mass is 9.97. The molecule has 1 unspecified atom stereocenters. The van der Waals surface area contributed by atoms with E-state index in [2.05, 4.69) is 9.71 Å². The molecule has 8 heteroatoms. The molecule has 1 heterocycles. The summed E-state index contributed by atoms with van der Waals surface area (Å²) in [5.74, 6) is 0.0265. The lowest BCUT2D eigenvalue weighted by molar-refractivity contribution is 0.107. The molecule has 19 heavy (non-hydrogen) atoms. The number of nitrogens with zero attached hydrogens (tertiary/aromatic N) is 2. The maximum absolute atomic E-state index is 12.1. The Morgan fingerprint density at radius 2 is 2.05 bits per heavy atom. The number of imidazole rings is 1. The SMILES string of the molecule is CCC(CC)C(O)CNS(=O)(=O)c1c(N)ncn1C. The van der Waals surface area contributed by atoms with Gasteiger partial charge in [0.15, 0.2) is 10.8 Å². The molecule has 4 N–H and O–H groups in total. The monoisotopic (exact) mass is 290 g/mol. The summed E-state index contributed by atoms with van der Waals surface area (Å²) >= 11 is 0. The van der Waals surface area contributed by atoms with Crippen molar-refractivity contribution in [1.29, 1.82) is 0 Å². The van der Waals surface area contributed by atoms with Gasteiger partial charge in [0.2, 0.25) is 0 Å². The van der Waals surface area contributed by atoms with Crippen molar-refractivity contribution in [3.63, 3.8) is 0 Å². The van der Waals surface area contributed by atoms with Gasteiger partial charge in [-0.15, -0.1) is 0 Å². The molecule has 7 nitrogen and oxygen atoms in total. The van der Waals surface area contributed by atoms with Gasteiger partial charge >= 0.3 is 0 Å². The van der Waals surface area contributed by atoms with Crippen LogP contribution >= 0.6 is 0 Å². The molecular formula is C11H22N4O3S. The van der Waals surface area contributed by atoms with Crippen molar-refractivity contribution >= 4 is 15.8 Å². The first kappa shape index (κ1) is 15.9. The number of hydrogen-bond acceptors (Lipinski definition) is 5. The third kappa shape index (κ3) is 3.68. The summed E-state index contributed by atoms with van der Waals surface area (Å²) in [6, 6.07) is 0. The number of nitrogens with one attached hydrogen (secondary N) is 1. The zero-order valence-electron chi connectivity index (χ0n) is 11.5. The van der Waals surface area contributed by atoms with Crippen LogP contribution in [0.1, 0.15) is 26.7 Å². The number of aliphatic hydroxyl groups is 1. The van der Waals surface area contributed by atoms with Gasteiger partial charge in [-0.1, -0.05) is 26.7 Å². The Morgan fingerprint density at radius 1 is 1.47 bits per heavy atom. The number of aromatic nitrogens is 2. The largest absolute Gasteiger partial charge is 0.391 e. The second kappa shape index (κ2) is 6.36. The molecule has 0 amide bonds. The second-order valence-electron chi connectivity index (χ2n) is 4.54. The fourth-order valence-corrected chi connectivity index (χ4v) is 3.31. The molecule has 0 aliphatic carbocycles. The van der Waals surface area contributed by atoms with Crippen LogP contribution < -0.4 is 10.5 Å². The van der Waals surface area contributed by atoms with E-state index >= 15 is 0 Å². The van der Waals surface area contributed by atoms with E-state index in [0.29, 0.717) is 0 Å². The molecule has 1 rings (SSSR count). The lowest BCUT2D eigenvalue weighted by Crippen LogP contribution is -2.36. The highest BCUT2D eigenvalue weighted by Gasteiger charge is 2.24. The fraction of sp³-hybridized carbons (Fsp3) is 0.727. The van der Waals surface area contributed by atoms with E-state index in [1.54, 1.807) is 7.05 Å². The zero-order chi connectivity index (χ0) is 14.6. The summed E-state index contributed by atoms with van der Waals surface area (Å²) in [4.78, 5) is 3.74. The van der Waals surface area contributed by atoms with Crippen LogP contribution in [0, 0.1) is 5.92 Å². The molecule has 0 bridgehead atoms. The van der Waals surface area contributed by atoms with Crippen LogP contribution in [-0.2, 0) is 17.1 Å². The van der Waals surface area contributed by atoms with Gasteiger partial charge in [0.05, 0.1) is 12.4 Å². The molecule has 0 spiro atoms. The number of rotatable bonds is 7. The minimum Gasteiger partial charge on any atom is -0.391 e. The maximum Gasteiger partial charge on any atom is 0.260 e. The van der Waals surface area contributed by atoms with Crippen LogP contribution in [0.5, 0.6) is 0 Å². The summed E-state index contributed by atoms with van der Waals surface area (Å²) < 4.78 is 27.9. The standard InChI is InChI=1S/C11H22N4O3S/c1-4-8(5-2)9(16)6-14-19(17,18)11-10(12)13-7-15(11)3/h7-9,14,16H,4-6,12H2,1-3H3. The van der Waals surface area contributed by atoms with Gasteiger partial charge in [-0.25, -0.2) is 18.1 Å². The van der Waals surface area contributed by atoms with Crippen LogP contribution in [0.4, 0.5) is 5.82 Å². The Labute approximate surface area is 113 Å². The van der Waals surface area contributed by atoms with E-state index in [-0.39, 0.29) is 23.3 Å². The van der Waals surface area contributed by atoms with Crippen molar-refractivity contribution in [1.82, 2.24) is 14.3 Å². The molecule has 0 aromatic carbocycles. The fourth-order valence-electron chi connectivity index (χ4n) is 2.03. The molecule has 1 aromatic heterocycles. The highest BCUT2D eigenvalue weighted by Crippen LogP contribution is 2.16. The summed E-state index contributed by atoms with van der Waals surface area (Å²) in [6.45, 7) is 3.90. The first-order chi connectivity index (χ1) is 8.83. The van der Waals surface area contributed by atoms with Gasteiger partial charge in [0.1, 0.15) is 0 Å². The number of aliphatic hydroxyl groups excluding tert-OH is 1. The normalized spacial score (nSPS) is 13.9. The summed E-state index contributed by atoms with van der Waals surface area (Å²) in [5, 5.41) is 9.85. The first-order valence-electron chi connectivity index (χ1n) is 6.28. The predicted octanol–water partition coefficient (Wildman–Crippen LogP) is 0.0777. The average Bonchev–Trinajstić information content (AvgIpc) is 2.69. The van der Waals surface area contributed by atoms with Crippen molar-refractivity contribution in [2.24, 2.45) is 13.0 Å². The quantitative estimate of drug-likeness (QED) is 0.658. The number of nitrogen functional groups attached to an aromatic ring is 1. The smallest absolute Gasteiger partial charge is 0.260 e. The van der Waals surface area contributed by atoms with E-state index in [9.17, 15) is 13.5 Å². The second-order valence-corrected chi connectivity index (χ2v) is 6.22. The van der Waals surface area contributed by atoms with Gasteiger partial charge in [-0.05, 0) is 5.92 Å². The summed E-state index contributed by atoms with van der Waals surface area (Å²) in [7, 11) is -2.21. The summed E-state index contributed by atoms with van der Waals surface area (Å²) in [6.07, 6.45) is 2.22. The molecule has 1 aromatic rings. The lowest BCUT2D eigenvalue weighted by Gasteiger charge is -2.20. The molecule has 110 valence electrons. The number of nitrogens with two attached hydrogens (primary N) is 1. The topological polar surface area (TPSA) is 110 Å². The molecule has 0 aliphatic rings. The minimum atomic E-state index is -3.76. The third-order valence-corrected chi connectivity index (χ3v) is 4.79. The summed E-state index contributed by atoms with van der Waals surface area (Å²) in [5.41, 5.74) is 5.53. The number of anilines is 1. The van der Waals surface area contributed by atoms with E-state index < -0.39 is 16.1 Å². The number of sulfonamides is 1. The van der Waals surface area contributed by atoms with Gasteiger partial charge in [0.25, 0.3) is 10.0 Å². The first-order valence-corrected chi connectivity index (χ1v) is 7.76. The zero-order valence-corrected chi connectivity index (χ0v) is 12.3. The van der Waals surface area contributed by atoms with Gasteiger partial charge in [-0.3, -0.25) is 0 Å². The molecule has 0 saturated carbocycles. The van der Waals surface area contributed by atoms with E-state index in [4.69, 9.17) is 5.73 Å². The average molecular weight is 290 g/mol. The van der Waals surface area contributed by atoms with Crippen LogP contribution in [0.3, 0.4) is 0 Å². The highest BCUT2D eigenvalue weighted by molar-refractivity contribution is 7.89. The van der Waals surface area contributed by atoms with Crippen LogP contribution in [-0.4, -0.2) is 35.7 Å². The Balaban J connectivity index is 2.77. The maximum atomic E-state index is 12.1. The van der Waals surface area contributed by atoms with E-state index in [1.807, 2.05) is 13.8 Å². The van der Waals surface area contributed by atoms with Crippen molar-refractivity contribution < 1.29 is 13.5 Å².